The summed E-state index contributed by atoms with van der Waals surface area (Å²) in [6.07, 6.45) is 0.988. The van der Waals surface area contributed by atoms with Gasteiger partial charge in [-0.3, -0.25) is 0 Å². The molecule has 0 radical (unpaired) electrons. The first-order chi connectivity index (χ1) is 10.2. The predicted octanol–water partition coefficient (Wildman–Crippen LogP) is 3.08. The van der Waals surface area contributed by atoms with Crippen molar-refractivity contribution in [3.63, 3.8) is 0 Å². The van der Waals surface area contributed by atoms with Crippen LogP contribution in [-0.2, 0) is 0 Å². The highest BCUT2D eigenvalue weighted by Gasteiger charge is 2.04. The summed E-state index contributed by atoms with van der Waals surface area (Å²) in [5.74, 6) is 0. The van der Waals surface area contributed by atoms with Crippen molar-refractivity contribution < 1.29 is 0 Å². The Morgan fingerprint density at radius 1 is 1.14 bits per heavy atom. The van der Waals surface area contributed by atoms with Crippen LogP contribution in [0.4, 0.5) is 17.1 Å². The minimum Gasteiger partial charge on any atom is -0.396 e. The maximum absolute atomic E-state index is 8.95. The van der Waals surface area contributed by atoms with Gasteiger partial charge in [0.05, 0.1) is 16.9 Å². The van der Waals surface area contributed by atoms with Gasteiger partial charge in [0.1, 0.15) is 6.07 Å². The summed E-state index contributed by atoms with van der Waals surface area (Å²) in [5.41, 5.74) is 9.01. The molecule has 2 rings (SSSR count). The van der Waals surface area contributed by atoms with E-state index in [1.54, 1.807) is 6.07 Å². The molecule has 0 saturated carbocycles. The molecule has 0 aromatic heterocycles. The van der Waals surface area contributed by atoms with E-state index in [4.69, 9.17) is 11.0 Å². The summed E-state index contributed by atoms with van der Waals surface area (Å²) >= 11 is 0. The maximum atomic E-state index is 8.95. The lowest BCUT2D eigenvalue weighted by Gasteiger charge is -2.19. The van der Waals surface area contributed by atoms with Gasteiger partial charge < -0.3 is 16.0 Å². The zero-order valence-electron chi connectivity index (χ0n) is 12.2. The van der Waals surface area contributed by atoms with Gasteiger partial charge in [-0.05, 0) is 30.7 Å². The Balaban J connectivity index is 1.82. The fourth-order valence-corrected chi connectivity index (χ4v) is 2.17. The summed E-state index contributed by atoms with van der Waals surface area (Å²) in [5, 5.41) is 12.2. The summed E-state index contributed by atoms with van der Waals surface area (Å²) < 4.78 is 0. The van der Waals surface area contributed by atoms with Crippen molar-refractivity contribution in [3.8, 4) is 6.07 Å². The molecule has 0 unspecified atom stereocenters. The second kappa shape index (κ2) is 7.20. The average molecular weight is 280 g/mol. The number of nitriles is 1. The van der Waals surface area contributed by atoms with Crippen molar-refractivity contribution in [2.24, 2.45) is 0 Å². The molecular formula is C17H20N4. The molecule has 4 heteroatoms. The molecule has 2 aromatic rings. The topological polar surface area (TPSA) is 65.1 Å². The minimum atomic E-state index is 0.515. The van der Waals surface area contributed by atoms with Gasteiger partial charge in [-0.15, -0.1) is 0 Å². The highest BCUT2D eigenvalue weighted by atomic mass is 15.1. The van der Waals surface area contributed by atoms with Gasteiger partial charge >= 0.3 is 0 Å². The van der Waals surface area contributed by atoms with E-state index in [9.17, 15) is 0 Å². The predicted molar refractivity (Wildman–Crippen MR) is 88.4 cm³/mol. The summed E-state index contributed by atoms with van der Waals surface area (Å²) in [7, 11) is 2.08. The summed E-state index contributed by atoms with van der Waals surface area (Å²) in [6, 6.07) is 17.9. The number of nitrogens with zero attached hydrogens (tertiary/aromatic N) is 2. The van der Waals surface area contributed by atoms with Crippen LogP contribution in [0.25, 0.3) is 0 Å². The average Bonchev–Trinajstić information content (AvgIpc) is 2.53. The van der Waals surface area contributed by atoms with Crippen LogP contribution in [0.2, 0.25) is 0 Å². The highest BCUT2D eigenvalue weighted by Crippen LogP contribution is 2.21. The van der Waals surface area contributed by atoms with E-state index in [2.05, 4.69) is 35.5 Å². The number of rotatable bonds is 6. The lowest BCUT2D eigenvalue weighted by molar-refractivity contribution is 0.817. The minimum absolute atomic E-state index is 0.515. The zero-order chi connectivity index (χ0) is 15.1. The standard InChI is InChI=1S/C17H20N4/c1-21(15-8-3-2-4-9-15)12-6-11-20-16-10-5-7-14(13-18)17(16)19/h2-5,7-10,20H,6,11-12,19H2,1H3. The number of nitrogens with one attached hydrogen (secondary N) is 1. The molecule has 2 aromatic carbocycles. The third-order valence-electron chi connectivity index (χ3n) is 3.41. The van der Waals surface area contributed by atoms with E-state index in [0.29, 0.717) is 11.3 Å². The summed E-state index contributed by atoms with van der Waals surface area (Å²) in [6.45, 7) is 1.77. The van der Waals surface area contributed by atoms with Gasteiger partial charge in [0.15, 0.2) is 0 Å². The number of anilines is 3. The first-order valence-corrected chi connectivity index (χ1v) is 7.01. The molecule has 0 amide bonds. The lowest BCUT2D eigenvalue weighted by atomic mass is 10.1. The molecule has 0 spiro atoms. The van der Waals surface area contributed by atoms with Crippen molar-refractivity contribution in [3.05, 3.63) is 54.1 Å². The number of nitrogens with two attached hydrogens (primary N) is 1. The maximum Gasteiger partial charge on any atom is 0.101 e. The first kappa shape index (κ1) is 14.7. The van der Waals surface area contributed by atoms with Crippen LogP contribution in [0, 0.1) is 11.3 Å². The third-order valence-corrected chi connectivity index (χ3v) is 3.41. The number of nitrogen functional groups attached to an aromatic ring is 1. The van der Waals surface area contributed by atoms with Crippen LogP contribution in [0.1, 0.15) is 12.0 Å². The molecule has 108 valence electrons. The van der Waals surface area contributed by atoms with E-state index in [1.807, 2.05) is 30.3 Å². The van der Waals surface area contributed by atoms with E-state index >= 15 is 0 Å². The van der Waals surface area contributed by atoms with Gasteiger partial charge in [0.25, 0.3) is 0 Å². The van der Waals surface area contributed by atoms with Crippen LogP contribution >= 0.6 is 0 Å². The Hall–Kier alpha value is -2.67. The van der Waals surface area contributed by atoms with Gasteiger partial charge in [-0.1, -0.05) is 24.3 Å². The molecule has 0 aliphatic heterocycles. The fraction of sp³-hybridized carbons (Fsp3) is 0.235. The molecule has 0 fully saturated rings. The highest BCUT2D eigenvalue weighted by molar-refractivity contribution is 5.72. The van der Waals surface area contributed by atoms with Gasteiger partial charge in [0.2, 0.25) is 0 Å². The second-order valence-electron chi connectivity index (χ2n) is 4.92. The van der Waals surface area contributed by atoms with E-state index in [1.165, 1.54) is 5.69 Å². The Morgan fingerprint density at radius 2 is 1.90 bits per heavy atom. The SMILES string of the molecule is CN(CCCNc1cccc(C#N)c1N)c1ccccc1. The Kier molecular flexibility index (Phi) is 5.05. The number of hydrogen-bond donors (Lipinski definition) is 2. The van der Waals surface area contributed by atoms with E-state index < -0.39 is 0 Å². The van der Waals surface area contributed by atoms with Gasteiger partial charge in [0, 0.05) is 25.8 Å². The van der Waals surface area contributed by atoms with Gasteiger partial charge in [-0.25, -0.2) is 0 Å². The van der Waals surface area contributed by atoms with Crippen molar-refractivity contribution in [2.75, 3.05) is 36.1 Å². The van der Waals surface area contributed by atoms with Crippen LogP contribution in [-0.4, -0.2) is 20.1 Å². The molecule has 0 aliphatic rings. The van der Waals surface area contributed by atoms with Crippen LogP contribution in [0.15, 0.2) is 48.5 Å². The molecule has 0 heterocycles. The smallest absolute Gasteiger partial charge is 0.101 e. The fourth-order valence-electron chi connectivity index (χ4n) is 2.17. The molecule has 0 bridgehead atoms. The quantitative estimate of drug-likeness (QED) is 0.630. The van der Waals surface area contributed by atoms with Crippen LogP contribution in [0.5, 0.6) is 0 Å². The molecule has 0 aliphatic carbocycles. The molecule has 3 N–H and O–H groups in total. The molecule has 4 nitrogen and oxygen atoms in total. The first-order valence-electron chi connectivity index (χ1n) is 7.01. The second-order valence-corrected chi connectivity index (χ2v) is 4.92. The molecular weight excluding hydrogens is 260 g/mol. The molecule has 0 saturated heterocycles. The van der Waals surface area contributed by atoms with Crippen molar-refractivity contribution in [1.82, 2.24) is 0 Å². The lowest BCUT2D eigenvalue weighted by Crippen LogP contribution is -2.20. The number of hydrogen-bond acceptors (Lipinski definition) is 4. The van der Waals surface area contributed by atoms with E-state index in [0.717, 1.165) is 25.2 Å². The number of para-hydroxylation sites is 2. The molecule has 0 atom stereocenters. The largest absolute Gasteiger partial charge is 0.396 e. The third kappa shape index (κ3) is 3.90. The Labute approximate surface area is 125 Å². The monoisotopic (exact) mass is 280 g/mol. The van der Waals surface area contributed by atoms with Crippen molar-refractivity contribution >= 4 is 17.1 Å². The Bertz CT molecular complexity index is 616. The van der Waals surface area contributed by atoms with Gasteiger partial charge in [-0.2, -0.15) is 5.26 Å². The molecule has 21 heavy (non-hydrogen) atoms. The Morgan fingerprint density at radius 3 is 2.62 bits per heavy atom. The van der Waals surface area contributed by atoms with E-state index in [-0.39, 0.29) is 0 Å². The van der Waals surface area contributed by atoms with Crippen molar-refractivity contribution in [1.29, 1.82) is 5.26 Å². The van der Waals surface area contributed by atoms with Crippen LogP contribution < -0.4 is 16.0 Å². The number of benzene rings is 2. The zero-order valence-corrected chi connectivity index (χ0v) is 12.2. The van der Waals surface area contributed by atoms with Crippen LogP contribution in [0.3, 0.4) is 0 Å². The normalized spacial score (nSPS) is 9.90. The summed E-state index contributed by atoms with van der Waals surface area (Å²) in [4.78, 5) is 2.22. The van der Waals surface area contributed by atoms with Crippen molar-refractivity contribution in [2.45, 2.75) is 6.42 Å².